The van der Waals surface area contributed by atoms with E-state index in [4.69, 9.17) is 18.0 Å². The highest BCUT2D eigenvalue weighted by atomic mass is 32.1. The minimum absolute atomic E-state index is 0.420. The molecule has 5 heteroatoms. The van der Waals surface area contributed by atoms with Crippen LogP contribution in [0.2, 0.25) is 0 Å². The van der Waals surface area contributed by atoms with Gasteiger partial charge in [0, 0.05) is 43.7 Å². The van der Waals surface area contributed by atoms with Crippen molar-refractivity contribution in [3.05, 3.63) is 47.5 Å². The maximum absolute atomic E-state index is 5.75. The molecule has 1 aromatic carbocycles. The highest BCUT2D eigenvalue weighted by Crippen LogP contribution is 2.17. The second kappa shape index (κ2) is 5.84. The molecule has 0 atom stereocenters. The lowest BCUT2D eigenvalue weighted by atomic mass is 10.1. The van der Waals surface area contributed by atoms with E-state index in [0.29, 0.717) is 4.99 Å². The van der Waals surface area contributed by atoms with Gasteiger partial charge in [-0.25, -0.2) is 4.98 Å². The van der Waals surface area contributed by atoms with Crippen molar-refractivity contribution in [2.45, 2.75) is 13.3 Å². The van der Waals surface area contributed by atoms with Gasteiger partial charge in [-0.3, -0.25) is 0 Å². The summed E-state index contributed by atoms with van der Waals surface area (Å²) < 4.78 is 2.02. The fourth-order valence-electron chi connectivity index (χ4n) is 1.96. The third kappa shape index (κ3) is 3.32. The fourth-order valence-corrected chi connectivity index (χ4v) is 2.13. The molecular weight excluding hydrogens is 256 g/mol. The molecule has 2 aromatic rings. The summed E-state index contributed by atoms with van der Waals surface area (Å²) in [5, 5.41) is 3.37. The summed E-state index contributed by atoms with van der Waals surface area (Å²) >= 11 is 5.08. The zero-order chi connectivity index (χ0) is 13.8. The Morgan fingerprint density at radius 2 is 2.26 bits per heavy atom. The maximum Gasteiger partial charge on any atom is 0.110 e. The summed E-state index contributed by atoms with van der Waals surface area (Å²) in [6.07, 6.45) is 4.61. The van der Waals surface area contributed by atoms with Crippen LogP contribution in [-0.4, -0.2) is 21.1 Å². The molecule has 2 rings (SSSR count). The van der Waals surface area contributed by atoms with Crippen molar-refractivity contribution in [3.8, 4) is 0 Å². The van der Waals surface area contributed by atoms with Gasteiger partial charge in [-0.2, -0.15) is 0 Å². The first kappa shape index (κ1) is 13.5. The Bertz CT molecular complexity index is 589. The third-order valence-corrected chi connectivity index (χ3v) is 3.25. The highest BCUT2D eigenvalue weighted by molar-refractivity contribution is 7.80. The second-order valence-electron chi connectivity index (χ2n) is 4.54. The molecular formula is C14H18N4S. The Morgan fingerprint density at radius 1 is 1.47 bits per heavy atom. The first-order valence-electron chi connectivity index (χ1n) is 6.18. The molecule has 0 fully saturated rings. The van der Waals surface area contributed by atoms with E-state index in [1.807, 2.05) is 49.1 Å². The van der Waals surface area contributed by atoms with Crippen LogP contribution in [0, 0.1) is 6.92 Å². The molecule has 0 bridgehead atoms. The monoisotopic (exact) mass is 274 g/mol. The SMILES string of the molecule is Cc1ccc(NCCc2nccn2C)c(C(N)=S)c1. The summed E-state index contributed by atoms with van der Waals surface area (Å²) in [6, 6.07) is 6.07. The van der Waals surface area contributed by atoms with Gasteiger partial charge in [-0.15, -0.1) is 0 Å². The van der Waals surface area contributed by atoms with E-state index < -0.39 is 0 Å². The number of aromatic nitrogens is 2. The van der Waals surface area contributed by atoms with Gasteiger partial charge in [0.1, 0.15) is 10.8 Å². The van der Waals surface area contributed by atoms with Crippen molar-refractivity contribution in [1.82, 2.24) is 9.55 Å². The fraction of sp³-hybridized carbons (Fsp3) is 0.286. The van der Waals surface area contributed by atoms with E-state index in [1.54, 1.807) is 0 Å². The lowest BCUT2D eigenvalue weighted by molar-refractivity contribution is 0.789. The molecule has 0 aliphatic carbocycles. The third-order valence-electron chi connectivity index (χ3n) is 3.03. The van der Waals surface area contributed by atoms with Gasteiger partial charge in [-0.05, 0) is 19.1 Å². The van der Waals surface area contributed by atoms with Crippen molar-refractivity contribution in [3.63, 3.8) is 0 Å². The topological polar surface area (TPSA) is 55.9 Å². The van der Waals surface area contributed by atoms with Gasteiger partial charge < -0.3 is 15.6 Å². The van der Waals surface area contributed by atoms with Crippen molar-refractivity contribution in [2.75, 3.05) is 11.9 Å². The quantitative estimate of drug-likeness (QED) is 0.819. The Hall–Kier alpha value is -1.88. The molecule has 0 saturated heterocycles. The zero-order valence-corrected chi connectivity index (χ0v) is 12.0. The summed E-state index contributed by atoms with van der Waals surface area (Å²) in [6.45, 7) is 2.82. The second-order valence-corrected chi connectivity index (χ2v) is 4.98. The molecule has 19 heavy (non-hydrogen) atoms. The summed E-state index contributed by atoms with van der Waals surface area (Å²) in [5.74, 6) is 1.05. The molecule has 100 valence electrons. The standard InChI is InChI=1S/C14H18N4S/c1-10-3-4-12(11(9-10)14(15)19)16-6-5-13-17-7-8-18(13)2/h3-4,7-9,16H,5-6H2,1-2H3,(H2,15,19). The van der Waals surface area contributed by atoms with E-state index >= 15 is 0 Å². The average Bonchev–Trinajstić information content (AvgIpc) is 2.77. The number of thiocarbonyl (C=S) groups is 1. The van der Waals surface area contributed by atoms with Gasteiger partial charge in [0.05, 0.1) is 0 Å². The number of nitrogens with zero attached hydrogens (tertiary/aromatic N) is 2. The lowest BCUT2D eigenvalue weighted by Gasteiger charge is -2.12. The molecule has 0 spiro atoms. The smallest absolute Gasteiger partial charge is 0.110 e. The molecule has 1 aromatic heterocycles. The van der Waals surface area contributed by atoms with Gasteiger partial charge in [0.2, 0.25) is 0 Å². The van der Waals surface area contributed by atoms with Crippen LogP contribution in [0.1, 0.15) is 17.0 Å². The van der Waals surface area contributed by atoms with E-state index in [9.17, 15) is 0 Å². The normalized spacial score (nSPS) is 10.4. The lowest BCUT2D eigenvalue weighted by Crippen LogP contribution is -2.15. The van der Waals surface area contributed by atoms with Crippen LogP contribution in [0.4, 0.5) is 5.69 Å². The minimum atomic E-state index is 0.420. The van der Waals surface area contributed by atoms with Crippen LogP contribution in [0.25, 0.3) is 0 Å². The molecule has 0 amide bonds. The van der Waals surface area contributed by atoms with Crippen molar-refractivity contribution in [2.24, 2.45) is 12.8 Å². The van der Waals surface area contributed by atoms with E-state index in [0.717, 1.165) is 35.6 Å². The number of imidazole rings is 1. The maximum atomic E-state index is 5.75. The molecule has 4 nitrogen and oxygen atoms in total. The number of nitrogens with one attached hydrogen (secondary N) is 1. The number of rotatable bonds is 5. The van der Waals surface area contributed by atoms with E-state index in [1.165, 1.54) is 0 Å². The summed E-state index contributed by atoms with van der Waals surface area (Å²) in [5.41, 5.74) is 8.78. The highest BCUT2D eigenvalue weighted by Gasteiger charge is 2.06. The first-order chi connectivity index (χ1) is 9.08. The molecule has 0 unspecified atom stereocenters. The van der Waals surface area contributed by atoms with Gasteiger partial charge in [-0.1, -0.05) is 23.8 Å². The Labute approximate surface area is 118 Å². The van der Waals surface area contributed by atoms with Gasteiger partial charge >= 0.3 is 0 Å². The number of hydrogen-bond donors (Lipinski definition) is 2. The van der Waals surface area contributed by atoms with Crippen LogP contribution >= 0.6 is 12.2 Å². The summed E-state index contributed by atoms with van der Waals surface area (Å²) in [4.78, 5) is 4.71. The van der Waals surface area contributed by atoms with Gasteiger partial charge in [0.25, 0.3) is 0 Å². The number of aryl methyl sites for hydroxylation is 2. The molecule has 0 aliphatic heterocycles. The first-order valence-corrected chi connectivity index (χ1v) is 6.59. The molecule has 1 heterocycles. The number of anilines is 1. The predicted molar refractivity (Wildman–Crippen MR) is 82.5 cm³/mol. The minimum Gasteiger partial charge on any atom is -0.389 e. The van der Waals surface area contributed by atoms with Crippen LogP contribution in [0.15, 0.2) is 30.6 Å². The van der Waals surface area contributed by atoms with Crippen molar-refractivity contribution >= 4 is 22.9 Å². The van der Waals surface area contributed by atoms with Crippen LogP contribution < -0.4 is 11.1 Å². The Kier molecular flexibility index (Phi) is 4.16. The largest absolute Gasteiger partial charge is 0.389 e. The molecule has 0 saturated carbocycles. The summed E-state index contributed by atoms with van der Waals surface area (Å²) in [7, 11) is 1.99. The van der Waals surface area contributed by atoms with Crippen molar-refractivity contribution < 1.29 is 0 Å². The number of nitrogens with two attached hydrogens (primary N) is 1. The van der Waals surface area contributed by atoms with E-state index in [-0.39, 0.29) is 0 Å². The number of hydrogen-bond acceptors (Lipinski definition) is 3. The van der Waals surface area contributed by atoms with E-state index in [2.05, 4.69) is 10.3 Å². The Morgan fingerprint density at radius 3 is 2.89 bits per heavy atom. The van der Waals surface area contributed by atoms with Crippen LogP contribution in [0.3, 0.4) is 0 Å². The molecule has 3 N–H and O–H groups in total. The number of benzene rings is 1. The van der Waals surface area contributed by atoms with Crippen molar-refractivity contribution in [1.29, 1.82) is 0 Å². The predicted octanol–water partition coefficient (Wildman–Crippen LogP) is 2.02. The average molecular weight is 274 g/mol. The van der Waals surface area contributed by atoms with Gasteiger partial charge in [0.15, 0.2) is 0 Å². The zero-order valence-electron chi connectivity index (χ0n) is 11.2. The Balaban J connectivity index is 2.03. The van der Waals surface area contributed by atoms with Crippen LogP contribution in [0.5, 0.6) is 0 Å². The molecule has 0 radical (unpaired) electrons. The van der Waals surface area contributed by atoms with Crippen LogP contribution in [-0.2, 0) is 13.5 Å². The molecule has 0 aliphatic rings.